The second kappa shape index (κ2) is 6.24. The van der Waals surface area contributed by atoms with Crippen LogP contribution in [0, 0.1) is 11.3 Å². The topological polar surface area (TPSA) is 45.0 Å². The van der Waals surface area contributed by atoms with E-state index in [1.165, 1.54) is 0 Å². The van der Waals surface area contributed by atoms with Crippen molar-refractivity contribution in [3.8, 4) is 6.07 Å². The van der Waals surface area contributed by atoms with Crippen molar-refractivity contribution in [3.05, 3.63) is 58.6 Å². The summed E-state index contributed by atoms with van der Waals surface area (Å²) in [6.07, 6.45) is 0. The predicted octanol–water partition coefficient (Wildman–Crippen LogP) is 4.10. The lowest BCUT2D eigenvalue weighted by Crippen LogP contribution is -1.98. The van der Waals surface area contributed by atoms with Gasteiger partial charge in [0.25, 0.3) is 0 Å². The highest BCUT2D eigenvalue weighted by atomic mass is 35.5. The maximum Gasteiger partial charge on any atom is 0.101 e. The van der Waals surface area contributed by atoms with E-state index in [9.17, 15) is 0 Å². The number of methoxy groups -OCH3 is 1. The zero-order chi connectivity index (χ0) is 13.7. The Labute approximate surface area is 117 Å². The van der Waals surface area contributed by atoms with Crippen LogP contribution in [-0.4, -0.2) is 7.11 Å². The Morgan fingerprint density at radius 3 is 2.74 bits per heavy atom. The van der Waals surface area contributed by atoms with Gasteiger partial charge >= 0.3 is 0 Å². The van der Waals surface area contributed by atoms with Crippen molar-refractivity contribution >= 4 is 23.0 Å². The number of para-hydroxylation sites is 1. The summed E-state index contributed by atoms with van der Waals surface area (Å²) in [4.78, 5) is 0. The molecule has 96 valence electrons. The summed E-state index contributed by atoms with van der Waals surface area (Å²) in [6.45, 7) is 0.513. The van der Waals surface area contributed by atoms with Crippen LogP contribution in [0.2, 0.25) is 5.02 Å². The van der Waals surface area contributed by atoms with Gasteiger partial charge in [-0.15, -0.1) is 0 Å². The van der Waals surface area contributed by atoms with E-state index in [0.29, 0.717) is 17.2 Å². The molecule has 2 rings (SSSR count). The molecule has 0 aliphatic heterocycles. The van der Waals surface area contributed by atoms with E-state index in [-0.39, 0.29) is 0 Å². The van der Waals surface area contributed by atoms with E-state index in [1.807, 2.05) is 24.3 Å². The molecule has 0 amide bonds. The van der Waals surface area contributed by atoms with Crippen molar-refractivity contribution in [1.29, 1.82) is 5.26 Å². The third-order valence-electron chi connectivity index (χ3n) is 2.69. The van der Waals surface area contributed by atoms with Crippen LogP contribution in [0.3, 0.4) is 0 Å². The Hall–Kier alpha value is -2.02. The van der Waals surface area contributed by atoms with Crippen molar-refractivity contribution in [1.82, 2.24) is 0 Å². The minimum absolute atomic E-state index is 0.513. The molecule has 0 atom stereocenters. The van der Waals surface area contributed by atoms with Crippen LogP contribution in [0.15, 0.2) is 42.5 Å². The molecule has 0 aliphatic rings. The van der Waals surface area contributed by atoms with E-state index >= 15 is 0 Å². The Balaban J connectivity index is 2.34. The van der Waals surface area contributed by atoms with Gasteiger partial charge in [-0.1, -0.05) is 29.8 Å². The highest BCUT2D eigenvalue weighted by Crippen LogP contribution is 2.26. The van der Waals surface area contributed by atoms with Crippen LogP contribution in [0.5, 0.6) is 0 Å². The van der Waals surface area contributed by atoms with Gasteiger partial charge in [-0.05, 0) is 24.3 Å². The van der Waals surface area contributed by atoms with Crippen LogP contribution in [-0.2, 0) is 11.3 Å². The van der Waals surface area contributed by atoms with Crippen molar-refractivity contribution in [2.45, 2.75) is 6.61 Å². The molecule has 0 fully saturated rings. The molecule has 2 aromatic carbocycles. The Morgan fingerprint density at radius 2 is 2.00 bits per heavy atom. The Morgan fingerprint density at radius 1 is 1.21 bits per heavy atom. The number of nitrogens with zero attached hydrogens (tertiary/aromatic N) is 1. The number of rotatable bonds is 4. The average molecular weight is 273 g/mol. The summed E-state index contributed by atoms with van der Waals surface area (Å²) in [5.74, 6) is 0. The van der Waals surface area contributed by atoms with Gasteiger partial charge in [-0.2, -0.15) is 5.26 Å². The molecule has 3 nitrogen and oxygen atoms in total. The monoisotopic (exact) mass is 272 g/mol. The van der Waals surface area contributed by atoms with Crippen molar-refractivity contribution in [2.24, 2.45) is 0 Å². The van der Waals surface area contributed by atoms with E-state index in [1.54, 1.807) is 25.3 Å². The molecule has 0 radical (unpaired) electrons. The van der Waals surface area contributed by atoms with Gasteiger partial charge in [-0.3, -0.25) is 0 Å². The third kappa shape index (κ3) is 3.25. The first-order valence-electron chi connectivity index (χ1n) is 5.78. The molecule has 2 aromatic rings. The van der Waals surface area contributed by atoms with E-state index < -0.39 is 0 Å². The number of nitrogens with one attached hydrogen (secondary N) is 1. The van der Waals surface area contributed by atoms with Crippen LogP contribution < -0.4 is 5.32 Å². The highest BCUT2D eigenvalue weighted by Gasteiger charge is 2.06. The Bertz CT molecular complexity index is 620. The highest BCUT2D eigenvalue weighted by molar-refractivity contribution is 6.30. The van der Waals surface area contributed by atoms with Gasteiger partial charge in [0.05, 0.1) is 17.9 Å². The number of halogens is 1. The normalized spacial score (nSPS) is 9.95. The largest absolute Gasteiger partial charge is 0.380 e. The number of hydrogen-bond acceptors (Lipinski definition) is 3. The minimum Gasteiger partial charge on any atom is -0.380 e. The first kappa shape index (κ1) is 13.4. The first-order chi connectivity index (χ1) is 9.24. The average Bonchev–Trinajstić information content (AvgIpc) is 2.43. The number of hydrogen-bond donors (Lipinski definition) is 1. The molecule has 0 unspecified atom stereocenters. The number of anilines is 2. The molecule has 0 saturated carbocycles. The number of ether oxygens (including phenoxy) is 1. The van der Waals surface area contributed by atoms with E-state index in [0.717, 1.165) is 16.9 Å². The lowest BCUT2D eigenvalue weighted by molar-refractivity contribution is 0.185. The Kier molecular flexibility index (Phi) is 4.40. The van der Waals surface area contributed by atoms with Gasteiger partial charge in [0.2, 0.25) is 0 Å². The fraction of sp³-hybridized carbons (Fsp3) is 0.133. The van der Waals surface area contributed by atoms with Crippen molar-refractivity contribution < 1.29 is 4.74 Å². The second-order valence-electron chi connectivity index (χ2n) is 4.02. The lowest BCUT2D eigenvalue weighted by atomic mass is 10.1. The van der Waals surface area contributed by atoms with E-state index in [4.69, 9.17) is 21.6 Å². The van der Waals surface area contributed by atoms with Crippen LogP contribution in [0.1, 0.15) is 11.1 Å². The molecule has 0 heterocycles. The van der Waals surface area contributed by atoms with Gasteiger partial charge in [0.1, 0.15) is 6.07 Å². The summed E-state index contributed by atoms with van der Waals surface area (Å²) in [7, 11) is 1.65. The zero-order valence-corrected chi connectivity index (χ0v) is 11.2. The van der Waals surface area contributed by atoms with Crippen molar-refractivity contribution in [3.63, 3.8) is 0 Å². The summed E-state index contributed by atoms with van der Waals surface area (Å²) in [6, 6.07) is 15.1. The molecule has 1 N–H and O–H groups in total. The van der Waals surface area contributed by atoms with Gasteiger partial charge in [0.15, 0.2) is 0 Å². The van der Waals surface area contributed by atoms with Crippen LogP contribution in [0.4, 0.5) is 11.4 Å². The summed E-state index contributed by atoms with van der Waals surface area (Å²) < 4.78 is 5.16. The zero-order valence-electron chi connectivity index (χ0n) is 10.5. The minimum atomic E-state index is 0.513. The molecule has 0 spiro atoms. The SMILES string of the molecule is COCc1ccccc1Nc1ccc(Cl)cc1C#N. The second-order valence-corrected chi connectivity index (χ2v) is 4.45. The molecular weight excluding hydrogens is 260 g/mol. The van der Waals surface area contributed by atoms with Gasteiger partial charge < -0.3 is 10.1 Å². The fourth-order valence-corrected chi connectivity index (χ4v) is 1.96. The molecule has 4 heteroatoms. The first-order valence-corrected chi connectivity index (χ1v) is 6.16. The fourth-order valence-electron chi connectivity index (χ4n) is 1.79. The molecular formula is C15H13ClN2O. The summed E-state index contributed by atoms with van der Waals surface area (Å²) >= 11 is 5.88. The third-order valence-corrected chi connectivity index (χ3v) is 2.92. The number of nitriles is 1. The van der Waals surface area contributed by atoms with Gasteiger partial charge in [-0.25, -0.2) is 0 Å². The molecule has 0 saturated heterocycles. The van der Waals surface area contributed by atoms with E-state index in [2.05, 4.69) is 11.4 Å². The molecule has 0 aliphatic carbocycles. The smallest absolute Gasteiger partial charge is 0.101 e. The maximum absolute atomic E-state index is 9.12. The quantitative estimate of drug-likeness (QED) is 0.911. The standard InChI is InChI=1S/C15H13ClN2O/c1-19-10-11-4-2-3-5-14(11)18-15-7-6-13(16)8-12(15)9-17/h2-8,18H,10H2,1H3. The molecule has 0 aromatic heterocycles. The maximum atomic E-state index is 9.12. The van der Waals surface area contributed by atoms with Gasteiger partial charge in [0, 0.05) is 23.4 Å². The summed E-state index contributed by atoms with van der Waals surface area (Å²) in [5, 5.41) is 12.9. The lowest BCUT2D eigenvalue weighted by Gasteiger charge is -2.12. The number of benzene rings is 2. The van der Waals surface area contributed by atoms with Crippen molar-refractivity contribution in [2.75, 3.05) is 12.4 Å². The van der Waals surface area contributed by atoms with Crippen LogP contribution in [0.25, 0.3) is 0 Å². The summed E-state index contributed by atoms with van der Waals surface area (Å²) in [5.41, 5.74) is 3.20. The van der Waals surface area contributed by atoms with Crippen LogP contribution >= 0.6 is 11.6 Å². The predicted molar refractivity (Wildman–Crippen MR) is 76.6 cm³/mol. The molecule has 19 heavy (non-hydrogen) atoms. The molecule has 0 bridgehead atoms.